The quantitative estimate of drug-likeness (QED) is 0.0425. The molecule has 0 spiro atoms. The first-order chi connectivity index (χ1) is 15.4. The van der Waals surface area contributed by atoms with Crippen LogP contribution in [0.3, 0.4) is 0 Å². The second kappa shape index (κ2) is 15.7. The molecule has 0 saturated carbocycles. The molecule has 0 fully saturated rings. The Kier molecular flexibility index (Phi) is 14.2. The molecule has 4 unspecified atom stereocenters. The molecule has 0 saturated heterocycles. The topological polar surface area (TPSA) is 273 Å². The van der Waals surface area contributed by atoms with E-state index in [1.165, 1.54) is 0 Å². The SMILES string of the molecule is NC(N)=NCCCC(NC(=O)C(N)CS)C(=O)NC(CCC(=O)O)C(=O)NC(CO)C(=O)O. The zero-order valence-electron chi connectivity index (χ0n) is 17.8. The van der Waals surface area contributed by atoms with Gasteiger partial charge in [0, 0.05) is 18.7 Å². The summed E-state index contributed by atoms with van der Waals surface area (Å²) in [5.74, 6) is -5.52. The van der Waals surface area contributed by atoms with Gasteiger partial charge in [0.1, 0.15) is 18.1 Å². The van der Waals surface area contributed by atoms with Crippen LogP contribution in [0.15, 0.2) is 4.99 Å². The maximum Gasteiger partial charge on any atom is 0.328 e. The molecule has 188 valence electrons. The fourth-order valence-electron chi connectivity index (χ4n) is 2.40. The molecule has 0 radical (unpaired) electrons. The Morgan fingerprint density at radius 3 is 1.85 bits per heavy atom. The molecule has 3 amide bonds. The van der Waals surface area contributed by atoms with E-state index in [-0.39, 0.29) is 37.5 Å². The molecule has 33 heavy (non-hydrogen) atoms. The zero-order chi connectivity index (χ0) is 25.6. The van der Waals surface area contributed by atoms with Crippen LogP contribution in [0.2, 0.25) is 0 Å². The third-order valence-corrected chi connectivity index (χ3v) is 4.58. The van der Waals surface area contributed by atoms with Crippen molar-refractivity contribution in [3.8, 4) is 0 Å². The Morgan fingerprint density at radius 1 is 0.879 bits per heavy atom. The number of nitrogens with one attached hydrogen (secondary N) is 3. The van der Waals surface area contributed by atoms with Gasteiger partial charge >= 0.3 is 11.9 Å². The normalized spacial score (nSPS) is 14.2. The maximum absolute atomic E-state index is 12.8. The van der Waals surface area contributed by atoms with Gasteiger partial charge in [0.15, 0.2) is 5.96 Å². The van der Waals surface area contributed by atoms with Gasteiger partial charge in [-0.2, -0.15) is 12.6 Å². The number of aliphatic hydroxyl groups excluding tert-OH is 1. The summed E-state index contributed by atoms with van der Waals surface area (Å²) < 4.78 is 0. The van der Waals surface area contributed by atoms with Crippen molar-refractivity contribution in [3.63, 3.8) is 0 Å². The van der Waals surface area contributed by atoms with Crippen LogP contribution in [0.5, 0.6) is 0 Å². The number of rotatable bonds is 16. The van der Waals surface area contributed by atoms with E-state index in [1.54, 1.807) is 0 Å². The summed E-state index contributed by atoms with van der Waals surface area (Å²) in [7, 11) is 0. The molecule has 0 aromatic carbocycles. The van der Waals surface area contributed by atoms with E-state index in [2.05, 4.69) is 28.3 Å². The van der Waals surface area contributed by atoms with Gasteiger partial charge in [-0.25, -0.2) is 4.79 Å². The molecule has 16 heteroatoms. The molecule has 0 bridgehead atoms. The highest BCUT2D eigenvalue weighted by Crippen LogP contribution is 2.04. The number of carboxylic acid groups (broad SMARTS) is 2. The number of carbonyl (C=O) groups is 5. The van der Waals surface area contributed by atoms with Gasteiger partial charge in [0.25, 0.3) is 0 Å². The van der Waals surface area contributed by atoms with Crippen molar-refractivity contribution in [2.24, 2.45) is 22.2 Å². The Labute approximate surface area is 194 Å². The fourth-order valence-corrected chi connectivity index (χ4v) is 2.57. The van der Waals surface area contributed by atoms with E-state index >= 15 is 0 Å². The summed E-state index contributed by atoms with van der Waals surface area (Å²) >= 11 is 3.92. The van der Waals surface area contributed by atoms with E-state index in [0.717, 1.165) is 0 Å². The van der Waals surface area contributed by atoms with E-state index in [1.807, 2.05) is 5.32 Å². The molecule has 0 heterocycles. The number of hydrogen-bond acceptors (Lipinski definition) is 9. The minimum absolute atomic E-state index is 0.00441. The molecule has 0 aromatic heterocycles. The number of aliphatic hydroxyl groups is 1. The highest BCUT2D eigenvalue weighted by atomic mass is 32.1. The number of hydrogen-bond donors (Lipinski definition) is 10. The number of carboxylic acids is 2. The molecular formula is C17H31N7O8S. The standard InChI is InChI=1S/C17H31N7O8S/c18-8(7-33)13(28)22-9(2-1-5-21-17(19)20)14(29)23-10(3-4-12(26)27)15(30)24-11(6-25)16(31)32/h8-11,25,33H,1-7,18H2,(H,22,28)(H,23,29)(H,24,30)(H,26,27)(H,31,32)(H4,19,20,21). The lowest BCUT2D eigenvalue weighted by molar-refractivity contribution is -0.144. The smallest absolute Gasteiger partial charge is 0.328 e. The van der Waals surface area contributed by atoms with Crippen molar-refractivity contribution in [2.75, 3.05) is 18.9 Å². The van der Waals surface area contributed by atoms with E-state index in [4.69, 9.17) is 32.5 Å². The first-order valence-electron chi connectivity index (χ1n) is 9.81. The summed E-state index contributed by atoms with van der Waals surface area (Å²) in [4.78, 5) is 63.1. The van der Waals surface area contributed by atoms with Crippen LogP contribution < -0.4 is 33.2 Å². The Morgan fingerprint density at radius 2 is 1.39 bits per heavy atom. The van der Waals surface area contributed by atoms with Crippen molar-refractivity contribution in [1.82, 2.24) is 16.0 Å². The average molecular weight is 494 g/mol. The van der Waals surface area contributed by atoms with Crippen LogP contribution in [-0.4, -0.2) is 94.0 Å². The van der Waals surface area contributed by atoms with Gasteiger partial charge in [0.2, 0.25) is 17.7 Å². The first-order valence-corrected chi connectivity index (χ1v) is 10.4. The molecule has 0 aromatic rings. The summed E-state index contributed by atoms with van der Waals surface area (Å²) in [6, 6.07) is -5.33. The predicted molar refractivity (Wildman–Crippen MR) is 119 cm³/mol. The van der Waals surface area contributed by atoms with Crippen LogP contribution in [0.25, 0.3) is 0 Å². The molecule has 15 nitrogen and oxygen atoms in total. The van der Waals surface area contributed by atoms with Gasteiger partial charge in [0.05, 0.1) is 12.6 Å². The average Bonchev–Trinajstić information content (AvgIpc) is 2.75. The third-order valence-electron chi connectivity index (χ3n) is 4.19. The summed E-state index contributed by atoms with van der Waals surface area (Å²) in [6.45, 7) is -0.786. The zero-order valence-corrected chi connectivity index (χ0v) is 18.7. The number of aliphatic carboxylic acids is 2. The van der Waals surface area contributed by atoms with E-state index < -0.39 is 66.9 Å². The lowest BCUT2D eigenvalue weighted by atomic mass is 10.1. The number of aliphatic imine (C=N–C) groups is 1. The summed E-state index contributed by atoms with van der Waals surface area (Å²) in [5, 5.41) is 33.7. The highest BCUT2D eigenvalue weighted by Gasteiger charge is 2.30. The van der Waals surface area contributed by atoms with Gasteiger partial charge in [-0.1, -0.05) is 0 Å². The molecule has 4 atom stereocenters. The van der Waals surface area contributed by atoms with Crippen LogP contribution in [-0.2, 0) is 24.0 Å². The molecular weight excluding hydrogens is 462 g/mol. The van der Waals surface area contributed by atoms with Crippen molar-refractivity contribution < 1.29 is 39.3 Å². The molecule has 0 aliphatic rings. The van der Waals surface area contributed by atoms with E-state index in [0.29, 0.717) is 0 Å². The second-order valence-electron chi connectivity index (χ2n) is 6.87. The lowest BCUT2D eigenvalue weighted by Crippen LogP contribution is -2.57. The number of amides is 3. The number of guanidine groups is 1. The van der Waals surface area contributed by atoms with Crippen LogP contribution >= 0.6 is 12.6 Å². The summed E-state index contributed by atoms with van der Waals surface area (Å²) in [6.07, 6.45) is -0.615. The Hall–Kier alpha value is -3.11. The highest BCUT2D eigenvalue weighted by molar-refractivity contribution is 7.80. The monoisotopic (exact) mass is 493 g/mol. The van der Waals surface area contributed by atoms with Gasteiger partial charge in [-0.3, -0.25) is 24.2 Å². The van der Waals surface area contributed by atoms with Crippen molar-refractivity contribution in [3.05, 3.63) is 0 Å². The predicted octanol–water partition coefficient (Wildman–Crippen LogP) is -4.31. The Balaban J connectivity index is 5.50. The van der Waals surface area contributed by atoms with Crippen molar-refractivity contribution in [1.29, 1.82) is 0 Å². The third kappa shape index (κ3) is 12.5. The largest absolute Gasteiger partial charge is 0.481 e. The van der Waals surface area contributed by atoms with E-state index in [9.17, 15) is 24.0 Å². The number of nitrogens with two attached hydrogens (primary N) is 3. The van der Waals surface area contributed by atoms with Crippen LogP contribution in [0.1, 0.15) is 25.7 Å². The van der Waals surface area contributed by atoms with Gasteiger partial charge in [-0.15, -0.1) is 0 Å². The second-order valence-corrected chi connectivity index (χ2v) is 7.24. The molecule has 12 N–H and O–H groups in total. The minimum Gasteiger partial charge on any atom is -0.481 e. The summed E-state index contributed by atoms with van der Waals surface area (Å²) in [5.41, 5.74) is 16.1. The number of thiol groups is 1. The molecule has 0 rings (SSSR count). The molecule has 0 aliphatic heterocycles. The van der Waals surface area contributed by atoms with Crippen molar-refractivity contribution in [2.45, 2.75) is 49.9 Å². The first kappa shape index (κ1) is 29.9. The minimum atomic E-state index is -1.66. The maximum atomic E-state index is 12.8. The van der Waals surface area contributed by atoms with Crippen LogP contribution in [0, 0.1) is 0 Å². The number of nitrogens with zero attached hydrogens (tertiary/aromatic N) is 1. The van der Waals surface area contributed by atoms with Crippen molar-refractivity contribution >= 4 is 48.2 Å². The Bertz CT molecular complexity index is 732. The fraction of sp³-hybridized carbons (Fsp3) is 0.647. The van der Waals surface area contributed by atoms with Crippen LogP contribution in [0.4, 0.5) is 0 Å². The lowest BCUT2D eigenvalue weighted by Gasteiger charge is -2.24. The number of carbonyl (C=O) groups excluding carboxylic acids is 3. The van der Waals surface area contributed by atoms with Gasteiger partial charge < -0.3 is 48.5 Å². The molecule has 0 aliphatic carbocycles. The van der Waals surface area contributed by atoms with Gasteiger partial charge in [-0.05, 0) is 19.3 Å².